The van der Waals surface area contributed by atoms with Crippen molar-refractivity contribution in [3.05, 3.63) is 51.9 Å². The molecule has 5 nitrogen and oxygen atoms in total. The van der Waals surface area contributed by atoms with Gasteiger partial charge in [-0.15, -0.1) is 0 Å². The average Bonchev–Trinajstić information content (AvgIpc) is 2.99. The first-order chi connectivity index (χ1) is 11.8. The smallest absolute Gasteiger partial charge is 0.277 e. The van der Waals surface area contributed by atoms with Gasteiger partial charge in [0.2, 0.25) is 0 Å². The number of carbonyl (C=O) groups is 1. The van der Waals surface area contributed by atoms with Gasteiger partial charge in [-0.1, -0.05) is 25.4 Å². The second-order valence-electron chi connectivity index (χ2n) is 6.23. The van der Waals surface area contributed by atoms with Gasteiger partial charge in [0.05, 0.1) is 0 Å². The molecule has 25 heavy (non-hydrogen) atoms. The van der Waals surface area contributed by atoms with Gasteiger partial charge in [0.25, 0.3) is 5.91 Å². The number of hydrazone groups is 1. The highest BCUT2D eigenvalue weighted by Crippen LogP contribution is 2.31. The summed E-state index contributed by atoms with van der Waals surface area (Å²) in [5.41, 5.74) is 4.94. The predicted molar refractivity (Wildman–Crippen MR) is 99.6 cm³/mol. The number of aryl methyl sites for hydroxylation is 2. The van der Waals surface area contributed by atoms with Crippen molar-refractivity contribution in [1.82, 2.24) is 5.43 Å². The zero-order valence-corrected chi connectivity index (χ0v) is 15.9. The summed E-state index contributed by atoms with van der Waals surface area (Å²) in [7, 11) is 0. The predicted octanol–water partition coefficient (Wildman–Crippen LogP) is 4.59. The highest BCUT2D eigenvalue weighted by molar-refractivity contribution is 6.31. The van der Waals surface area contributed by atoms with Crippen LogP contribution in [0.3, 0.4) is 0 Å². The summed E-state index contributed by atoms with van der Waals surface area (Å²) in [5.74, 6) is 1.96. The van der Waals surface area contributed by atoms with E-state index in [4.69, 9.17) is 20.8 Å². The second kappa shape index (κ2) is 8.21. The first-order valence-electron chi connectivity index (χ1n) is 8.10. The largest absolute Gasteiger partial charge is 0.483 e. The Labute approximate surface area is 153 Å². The minimum Gasteiger partial charge on any atom is -0.483 e. The van der Waals surface area contributed by atoms with Crippen molar-refractivity contribution in [3.63, 3.8) is 0 Å². The highest BCUT2D eigenvalue weighted by Gasteiger charge is 2.13. The Kier molecular flexibility index (Phi) is 6.26. The van der Waals surface area contributed by atoms with E-state index in [-0.39, 0.29) is 18.4 Å². The van der Waals surface area contributed by atoms with Crippen LogP contribution in [0.1, 0.15) is 49.3 Å². The van der Waals surface area contributed by atoms with Crippen LogP contribution in [-0.4, -0.2) is 18.2 Å². The number of halogens is 1. The van der Waals surface area contributed by atoms with Crippen LogP contribution in [0, 0.1) is 13.8 Å². The molecule has 1 heterocycles. The molecule has 0 bridgehead atoms. The van der Waals surface area contributed by atoms with Gasteiger partial charge in [-0.2, -0.15) is 5.10 Å². The average molecular weight is 363 g/mol. The molecule has 0 unspecified atom stereocenters. The number of nitrogens with one attached hydrogen (secondary N) is 1. The van der Waals surface area contributed by atoms with E-state index >= 15 is 0 Å². The quantitative estimate of drug-likeness (QED) is 0.603. The van der Waals surface area contributed by atoms with Crippen LogP contribution in [0.2, 0.25) is 5.02 Å². The fourth-order valence-corrected chi connectivity index (χ4v) is 2.42. The molecule has 1 amide bonds. The molecule has 0 aliphatic rings. The minimum absolute atomic E-state index is 0.130. The summed E-state index contributed by atoms with van der Waals surface area (Å²) >= 11 is 6.18. The molecule has 0 atom stereocenters. The molecular weight excluding hydrogens is 340 g/mol. The first-order valence-corrected chi connectivity index (χ1v) is 8.48. The number of carbonyl (C=O) groups excluding carboxylic acids is 1. The number of benzene rings is 1. The van der Waals surface area contributed by atoms with Crippen LogP contribution in [-0.2, 0) is 4.79 Å². The number of amides is 1. The van der Waals surface area contributed by atoms with Gasteiger partial charge in [-0.3, -0.25) is 4.79 Å². The van der Waals surface area contributed by atoms with Crippen molar-refractivity contribution in [2.45, 2.75) is 40.5 Å². The minimum atomic E-state index is -0.343. The van der Waals surface area contributed by atoms with Gasteiger partial charge >= 0.3 is 0 Å². The molecule has 1 aromatic heterocycles. The number of furan rings is 1. The van der Waals surface area contributed by atoms with Gasteiger partial charge in [0.1, 0.15) is 23.0 Å². The van der Waals surface area contributed by atoms with Crippen molar-refractivity contribution < 1.29 is 13.9 Å². The molecular formula is C19H23ClN2O3. The molecule has 0 fully saturated rings. The Morgan fingerprint density at radius 3 is 2.64 bits per heavy atom. The van der Waals surface area contributed by atoms with Crippen LogP contribution in [0.25, 0.3) is 0 Å². The lowest BCUT2D eigenvalue weighted by Crippen LogP contribution is -2.25. The maximum atomic E-state index is 12.0. The number of hydrogen-bond acceptors (Lipinski definition) is 4. The van der Waals surface area contributed by atoms with Crippen LogP contribution in [0.4, 0.5) is 0 Å². The standard InChI is InChI=1S/C19H23ClN2O3/c1-11(2)15-9-16(20)12(3)8-18(15)24-10-19(23)22-21-14(5)17-7-6-13(4)25-17/h6-9,11H,10H2,1-5H3,(H,22,23)/b21-14-. The number of ether oxygens (including phenoxy) is 1. The molecule has 1 aromatic carbocycles. The summed E-state index contributed by atoms with van der Waals surface area (Å²) in [6.07, 6.45) is 0. The van der Waals surface area contributed by atoms with E-state index in [9.17, 15) is 4.79 Å². The lowest BCUT2D eigenvalue weighted by Gasteiger charge is -2.15. The highest BCUT2D eigenvalue weighted by atomic mass is 35.5. The van der Waals surface area contributed by atoms with Crippen molar-refractivity contribution in [3.8, 4) is 5.75 Å². The summed E-state index contributed by atoms with van der Waals surface area (Å²) in [4.78, 5) is 12.0. The number of rotatable bonds is 6. The van der Waals surface area contributed by atoms with E-state index in [1.54, 1.807) is 6.92 Å². The van der Waals surface area contributed by atoms with Crippen molar-refractivity contribution in [2.75, 3.05) is 6.61 Å². The topological polar surface area (TPSA) is 63.8 Å². The molecule has 1 N–H and O–H groups in total. The molecule has 2 aromatic rings. The van der Waals surface area contributed by atoms with Gasteiger partial charge in [-0.05, 0) is 62.1 Å². The third kappa shape index (κ3) is 5.10. The third-order valence-electron chi connectivity index (χ3n) is 3.72. The molecule has 0 aliphatic heterocycles. The lowest BCUT2D eigenvalue weighted by molar-refractivity contribution is -0.123. The number of nitrogens with zero attached hydrogens (tertiary/aromatic N) is 1. The fraction of sp³-hybridized carbons (Fsp3) is 0.368. The van der Waals surface area contributed by atoms with Crippen LogP contribution in [0.5, 0.6) is 5.75 Å². The molecule has 2 rings (SSSR count). The van der Waals surface area contributed by atoms with Crippen molar-refractivity contribution in [2.24, 2.45) is 5.10 Å². The zero-order chi connectivity index (χ0) is 18.6. The lowest BCUT2D eigenvalue weighted by atomic mass is 10.0. The first kappa shape index (κ1) is 19.1. The molecule has 0 aliphatic carbocycles. The van der Waals surface area contributed by atoms with Crippen molar-refractivity contribution in [1.29, 1.82) is 0 Å². The monoisotopic (exact) mass is 362 g/mol. The van der Waals surface area contributed by atoms with Gasteiger partial charge in [0, 0.05) is 5.02 Å². The maximum Gasteiger partial charge on any atom is 0.277 e. The maximum absolute atomic E-state index is 12.0. The van der Waals surface area contributed by atoms with Crippen LogP contribution in [0.15, 0.2) is 33.8 Å². The van der Waals surface area contributed by atoms with E-state index in [1.165, 1.54) is 0 Å². The molecule has 134 valence electrons. The summed E-state index contributed by atoms with van der Waals surface area (Å²) < 4.78 is 11.1. The molecule has 0 radical (unpaired) electrons. The SMILES string of the molecule is C/C(=N/NC(=O)COc1cc(C)c(Cl)cc1C(C)C)c1ccc(C)o1. The Bertz CT molecular complexity index is 794. The Balaban J connectivity index is 1.99. The molecule has 0 saturated heterocycles. The Morgan fingerprint density at radius 2 is 2.04 bits per heavy atom. The van der Waals surface area contributed by atoms with E-state index in [2.05, 4.69) is 10.5 Å². The van der Waals surface area contributed by atoms with E-state index < -0.39 is 0 Å². The third-order valence-corrected chi connectivity index (χ3v) is 4.12. The summed E-state index contributed by atoms with van der Waals surface area (Å²) in [6.45, 7) is 9.48. The molecule has 0 saturated carbocycles. The normalized spacial score (nSPS) is 11.7. The van der Waals surface area contributed by atoms with Gasteiger partial charge in [-0.25, -0.2) is 5.43 Å². The summed E-state index contributed by atoms with van der Waals surface area (Å²) in [6, 6.07) is 7.39. The van der Waals surface area contributed by atoms with Gasteiger partial charge < -0.3 is 9.15 Å². The van der Waals surface area contributed by atoms with E-state index in [0.29, 0.717) is 22.2 Å². The zero-order valence-electron chi connectivity index (χ0n) is 15.1. The van der Waals surface area contributed by atoms with E-state index in [0.717, 1.165) is 16.9 Å². The Morgan fingerprint density at radius 1 is 1.32 bits per heavy atom. The number of hydrogen-bond donors (Lipinski definition) is 1. The molecule has 6 heteroatoms. The molecule has 0 spiro atoms. The fourth-order valence-electron chi connectivity index (χ4n) is 2.25. The second-order valence-corrected chi connectivity index (χ2v) is 6.63. The Hall–Kier alpha value is -2.27. The van der Waals surface area contributed by atoms with Crippen LogP contribution >= 0.6 is 11.6 Å². The van der Waals surface area contributed by atoms with E-state index in [1.807, 2.05) is 52.0 Å². The van der Waals surface area contributed by atoms with Crippen LogP contribution < -0.4 is 10.2 Å². The van der Waals surface area contributed by atoms with Crippen molar-refractivity contribution >= 4 is 23.2 Å². The van der Waals surface area contributed by atoms with Gasteiger partial charge in [0.15, 0.2) is 6.61 Å². The summed E-state index contributed by atoms with van der Waals surface area (Å²) in [5, 5.41) is 4.72.